The van der Waals surface area contributed by atoms with Crippen LogP contribution in [0, 0.1) is 12.8 Å². The van der Waals surface area contributed by atoms with Gasteiger partial charge in [0.15, 0.2) is 5.82 Å². The number of benzene rings is 2. The molecule has 31 heavy (non-hydrogen) atoms. The Morgan fingerprint density at radius 2 is 2.00 bits per heavy atom. The second-order valence-corrected chi connectivity index (χ2v) is 8.78. The van der Waals surface area contributed by atoms with E-state index >= 15 is 0 Å². The average Bonchev–Trinajstić information content (AvgIpc) is 3.22. The first-order chi connectivity index (χ1) is 15.0. The fraction of sp³-hybridized carbons (Fsp3) is 0.375. The van der Waals surface area contributed by atoms with Gasteiger partial charge in [-0.25, -0.2) is 0 Å². The number of ether oxygens (including phenoxy) is 2. The molecule has 0 saturated carbocycles. The van der Waals surface area contributed by atoms with Gasteiger partial charge in [-0.1, -0.05) is 25.1 Å². The molecule has 0 aliphatic carbocycles. The fourth-order valence-corrected chi connectivity index (χ4v) is 4.21. The van der Waals surface area contributed by atoms with Crippen molar-refractivity contribution in [1.82, 2.24) is 14.3 Å². The molecule has 0 atom stereocenters. The van der Waals surface area contributed by atoms with E-state index in [9.17, 15) is 4.79 Å². The Balaban J connectivity index is 1.45. The second kappa shape index (κ2) is 9.47. The molecule has 3 aromatic rings. The lowest BCUT2D eigenvalue weighted by atomic mass is 9.98. The van der Waals surface area contributed by atoms with E-state index in [0.717, 1.165) is 42.8 Å². The van der Waals surface area contributed by atoms with Crippen molar-refractivity contribution in [3.05, 3.63) is 65.0 Å². The van der Waals surface area contributed by atoms with Gasteiger partial charge in [-0.3, -0.25) is 4.79 Å². The summed E-state index contributed by atoms with van der Waals surface area (Å²) >= 11 is 1.21. The zero-order chi connectivity index (χ0) is 21.8. The van der Waals surface area contributed by atoms with Crippen molar-refractivity contribution in [1.29, 1.82) is 0 Å². The minimum atomic E-state index is 0.0627. The highest BCUT2D eigenvalue weighted by Gasteiger charge is 2.22. The number of amides is 1. The first-order valence-corrected chi connectivity index (χ1v) is 11.3. The van der Waals surface area contributed by atoms with Crippen LogP contribution >= 0.6 is 11.5 Å². The number of aryl methyl sites for hydroxylation is 1. The highest BCUT2D eigenvalue weighted by Crippen LogP contribution is 2.29. The van der Waals surface area contributed by atoms with Crippen LogP contribution in [0.15, 0.2) is 42.5 Å². The zero-order valence-electron chi connectivity index (χ0n) is 18.1. The van der Waals surface area contributed by atoms with Crippen molar-refractivity contribution in [2.75, 3.05) is 20.2 Å². The highest BCUT2D eigenvalue weighted by molar-refractivity contribution is 7.07. The molecule has 2 heterocycles. The molecule has 1 aromatic heterocycles. The number of carbonyl (C=O) groups is 1. The lowest BCUT2D eigenvalue weighted by Crippen LogP contribution is -2.37. The molecule has 7 heteroatoms. The van der Waals surface area contributed by atoms with Gasteiger partial charge in [0.05, 0.1) is 7.11 Å². The van der Waals surface area contributed by atoms with Gasteiger partial charge in [-0.2, -0.15) is 9.36 Å². The van der Waals surface area contributed by atoms with Crippen LogP contribution in [0.2, 0.25) is 0 Å². The maximum Gasteiger partial charge on any atom is 0.298 e. The number of nitrogens with zero attached hydrogens (tertiary/aromatic N) is 3. The molecule has 0 radical (unpaired) electrons. The number of hydrogen-bond acceptors (Lipinski definition) is 6. The fourth-order valence-electron chi connectivity index (χ4n) is 3.65. The molecule has 1 saturated heterocycles. The van der Waals surface area contributed by atoms with Gasteiger partial charge in [0.2, 0.25) is 0 Å². The van der Waals surface area contributed by atoms with Crippen molar-refractivity contribution in [3.8, 4) is 16.7 Å². The minimum absolute atomic E-state index is 0.0627. The highest BCUT2D eigenvalue weighted by atomic mass is 32.1. The molecule has 1 fully saturated rings. The Morgan fingerprint density at radius 3 is 2.77 bits per heavy atom. The van der Waals surface area contributed by atoms with Crippen molar-refractivity contribution in [2.45, 2.75) is 33.1 Å². The van der Waals surface area contributed by atoms with Crippen LogP contribution in [0.4, 0.5) is 0 Å². The van der Waals surface area contributed by atoms with Crippen LogP contribution in [0.3, 0.4) is 0 Å². The predicted octanol–water partition coefficient (Wildman–Crippen LogP) is 5.11. The first kappa shape index (κ1) is 21.3. The molecule has 0 bridgehead atoms. The number of carbonyl (C=O) groups excluding carboxylic acids is 1. The second-order valence-electron chi connectivity index (χ2n) is 8.06. The maximum atomic E-state index is 12.9. The molecule has 162 valence electrons. The van der Waals surface area contributed by atoms with E-state index < -0.39 is 0 Å². The third-order valence-corrected chi connectivity index (χ3v) is 6.28. The Labute approximate surface area is 187 Å². The van der Waals surface area contributed by atoms with Crippen molar-refractivity contribution >= 4 is 17.4 Å². The molecule has 2 aromatic carbocycles. The summed E-state index contributed by atoms with van der Waals surface area (Å²) in [4.78, 5) is 19.4. The van der Waals surface area contributed by atoms with E-state index in [-0.39, 0.29) is 5.91 Å². The molecule has 6 nitrogen and oxygen atoms in total. The Kier molecular flexibility index (Phi) is 6.51. The standard InChI is InChI=1S/C24H27N3O3S/c1-16-9-11-27(12-10-16)23(28)19-8-7-17(2)21(15-19)30-24-25-22(26-31-24)14-18-5-4-6-20(13-18)29-3/h4-8,13,15-16H,9-12,14H2,1-3H3. The van der Waals surface area contributed by atoms with E-state index in [1.807, 2.05) is 54.3 Å². The largest absolute Gasteiger partial charge is 0.497 e. The summed E-state index contributed by atoms with van der Waals surface area (Å²) in [5, 5.41) is 0.470. The Bertz CT molecular complexity index is 1060. The number of aromatic nitrogens is 2. The van der Waals surface area contributed by atoms with Crippen LogP contribution in [0.25, 0.3) is 0 Å². The van der Waals surface area contributed by atoms with Crippen LogP contribution in [0.1, 0.15) is 47.1 Å². The smallest absolute Gasteiger partial charge is 0.298 e. The van der Waals surface area contributed by atoms with E-state index in [1.165, 1.54) is 11.5 Å². The Morgan fingerprint density at radius 1 is 1.19 bits per heavy atom. The average molecular weight is 438 g/mol. The summed E-state index contributed by atoms with van der Waals surface area (Å²) in [5.74, 6) is 2.89. The van der Waals surface area contributed by atoms with Gasteiger partial charge in [0, 0.05) is 36.6 Å². The third kappa shape index (κ3) is 5.22. The van der Waals surface area contributed by atoms with E-state index in [2.05, 4.69) is 16.3 Å². The minimum Gasteiger partial charge on any atom is -0.497 e. The molecular formula is C24H27N3O3S. The van der Waals surface area contributed by atoms with Crippen LogP contribution in [-0.2, 0) is 6.42 Å². The zero-order valence-corrected chi connectivity index (χ0v) is 18.9. The number of methoxy groups -OCH3 is 1. The van der Waals surface area contributed by atoms with Crippen LogP contribution in [-0.4, -0.2) is 40.4 Å². The quantitative estimate of drug-likeness (QED) is 0.536. The summed E-state index contributed by atoms with van der Waals surface area (Å²) in [6.07, 6.45) is 2.71. The molecule has 0 N–H and O–H groups in total. The summed E-state index contributed by atoms with van der Waals surface area (Å²) in [6.45, 7) is 5.83. The SMILES string of the molecule is COc1cccc(Cc2nsc(Oc3cc(C(=O)N4CCC(C)CC4)ccc3C)n2)c1. The van der Waals surface area contributed by atoms with Crippen molar-refractivity contribution < 1.29 is 14.3 Å². The van der Waals surface area contributed by atoms with Gasteiger partial charge in [0.25, 0.3) is 11.1 Å². The molecular weight excluding hydrogens is 410 g/mol. The lowest BCUT2D eigenvalue weighted by Gasteiger charge is -2.30. The van der Waals surface area contributed by atoms with Gasteiger partial charge >= 0.3 is 0 Å². The van der Waals surface area contributed by atoms with E-state index in [0.29, 0.717) is 34.7 Å². The topological polar surface area (TPSA) is 64.6 Å². The number of rotatable bonds is 6. The van der Waals surface area contributed by atoms with E-state index in [4.69, 9.17) is 9.47 Å². The number of likely N-dealkylation sites (tertiary alicyclic amines) is 1. The van der Waals surface area contributed by atoms with Crippen LogP contribution < -0.4 is 9.47 Å². The number of piperidine rings is 1. The Hall–Kier alpha value is -2.93. The van der Waals surface area contributed by atoms with E-state index in [1.54, 1.807) is 7.11 Å². The normalized spacial score (nSPS) is 14.5. The summed E-state index contributed by atoms with van der Waals surface area (Å²) in [6, 6.07) is 13.5. The summed E-state index contributed by atoms with van der Waals surface area (Å²) in [5.41, 5.74) is 2.67. The number of hydrogen-bond donors (Lipinski definition) is 0. The van der Waals surface area contributed by atoms with Gasteiger partial charge < -0.3 is 14.4 Å². The monoisotopic (exact) mass is 437 g/mol. The lowest BCUT2D eigenvalue weighted by molar-refractivity contribution is 0.0697. The van der Waals surface area contributed by atoms with Crippen molar-refractivity contribution in [2.24, 2.45) is 5.92 Å². The van der Waals surface area contributed by atoms with Gasteiger partial charge in [-0.05, 0) is 61.1 Å². The summed E-state index contributed by atoms with van der Waals surface area (Å²) in [7, 11) is 1.65. The summed E-state index contributed by atoms with van der Waals surface area (Å²) < 4.78 is 15.7. The molecule has 0 spiro atoms. The molecule has 1 aliphatic heterocycles. The third-order valence-electron chi connectivity index (χ3n) is 5.65. The predicted molar refractivity (Wildman–Crippen MR) is 121 cm³/mol. The van der Waals surface area contributed by atoms with Gasteiger partial charge in [0.1, 0.15) is 11.5 Å². The van der Waals surface area contributed by atoms with Crippen molar-refractivity contribution in [3.63, 3.8) is 0 Å². The first-order valence-electron chi connectivity index (χ1n) is 10.5. The van der Waals surface area contributed by atoms with Crippen LogP contribution in [0.5, 0.6) is 16.7 Å². The molecule has 0 unspecified atom stereocenters. The molecule has 1 amide bonds. The molecule has 4 rings (SSSR count). The maximum absolute atomic E-state index is 12.9. The van der Waals surface area contributed by atoms with Gasteiger partial charge in [-0.15, -0.1) is 0 Å². The molecule has 1 aliphatic rings.